The predicted octanol–water partition coefficient (Wildman–Crippen LogP) is 5.50. The maximum absolute atomic E-state index is 12.7. The molecule has 0 spiro atoms. The number of amides is 1. The fraction of sp³-hybridized carbons (Fsp3) is 0.217. The monoisotopic (exact) mass is 451 g/mol. The molecule has 0 aliphatic rings. The molecule has 0 bridgehead atoms. The molecule has 0 aliphatic heterocycles. The van der Waals surface area contributed by atoms with Crippen molar-refractivity contribution in [3.63, 3.8) is 0 Å². The molecule has 158 valence electrons. The number of nitrogens with zero attached hydrogens (tertiary/aromatic N) is 4. The molecule has 2 aromatic heterocycles. The van der Waals surface area contributed by atoms with Gasteiger partial charge in [-0.2, -0.15) is 5.10 Å². The molecule has 0 unspecified atom stereocenters. The Labute approximate surface area is 190 Å². The number of thioether (sulfide) groups is 1. The number of hydrogen-bond donors (Lipinski definition) is 1. The molecule has 0 atom stereocenters. The molecule has 4 aromatic rings. The van der Waals surface area contributed by atoms with Gasteiger partial charge >= 0.3 is 0 Å². The van der Waals surface area contributed by atoms with E-state index in [9.17, 15) is 4.79 Å². The van der Waals surface area contributed by atoms with Crippen molar-refractivity contribution in [2.24, 2.45) is 0 Å². The van der Waals surface area contributed by atoms with Gasteiger partial charge in [0.15, 0.2) is 5.65 Å². The Kier molecular flexibility index (Phi) is 5.98. The van der Waals surface area contributed by atoms with Gasteiger partial charge in [0.25, 0.3) is 0 Å². The van der Waals surface area contributed by atoms with Gasteiger partial charge in [0.1, 0.15) is 11.4 Å². The van der Waals surface area contributed by atoms with Crippen LogP contribution in [0.25, 0.3) is 16.7 Å². The van der Waals surface area contributed by atoms with E-state index in [1.54, 1.807) is 23.0 Å². The average molecular weight is 452 g/mol. The quantitative estimate of drug-likeness (QED) is 0.320. The molecule has 2 aromatic carbocycles. The van der Waals surface area contributed by atoms with Gasteiger partial charge in [0.05, 0.1) is 23.0 Å². The van der Waals surface area contributed by atoms with E-state index in [1.165, 1.54) is 18.1 Å². The molecule has 4 rings (SSSR count). The number of carbonyl (C=O) groups excluding carboxylic acids is 1. The van der Waals surface area contributed by atoms with Crippen molar-refractivity contribution in [3.05, 3.63) is 71.6 Å². The van der Waals surface area contributed by atoms with Crippen LogP contribution >= 0.6 is 23.4 Å². The minimum absolute atomic E-state index is 0.0634. The van der Waals surface area contributed by atoms with E-state index in [-0.39, 0.29) is 17.1 Å². The average Bonchev–Trinajstić information content (AvgIpc) is 3.17. The summed E-state index contributed by atoms with van der Waals surface area (Å²) in [6, 6.07) is 15.3. The van der Waals surface area contributed by atoms with Gasteiger partial charge in [-0.3, -0.25) is 4.79 Å². The van der Waals surface area contributed by atoms with E-state index in [4.69, 9.17) is 11.6 Å². The first kappa shape index (κ1) is 21.3. The van der Waals surface area contributed by atoms with E-state index in [2.05, 4.69) is 41.2 Å². The minimum Gasteiger partial charge on any atom is -0.325 e. The molecular formula is C23H22ClN5OS. The molecule has 0 fully saturated rings. The molecule has 31 heavy (non-hydrogen) atoms. The number of fused-ring (bicyclic) bond motifs is 1. The van der Waals surface area contributed by atoms with Gasteiger partial charge in [0, 0.05) is 10.7 Å². The molecule has 8 heteroatoms. The lowest BCUT2D eigenvalue weighted by molar-refractivity contribution is -0.113. The minimum atomic E-state index is -0.0847. The van der Waals surface area contributed by atoms with Gasteiger partial charge in [-0.1, -0.05) is 62.3 Å². The van der Waals surface area contributed by atoms with Crippen molar-refractivity contribution in [1.82, 2.24) is 19.7 Å². The molecule has 2 heterocycles. The van der Waals surface area contributed by atoms with Crippen molar-refractivity contribution in [2.45, 2.75) is 31.2 Å². The first-order valence-corrected chi connectivity index (χ1v) is 11.2. The standard InChI is InChI=1S/C23H22ClN5OS/c1-23(2,3)18-6-4-5-7-19(18)28-20(30)13-31-22-17-12-27-29(21(17)25-14-26-22)16-10-8-15(24)9-11-16/h4-12,14H,13H2,1-3H3,(H,28,30). The van der Waals surface area contributed by atoms with Crippen molar-refractivity contribution in [2.75, 3.05) is 11.1 Å². The second-order valence-electron chi connectivity index (χ2n) is 8.08. The number of para-hydroxylation sites is 1. The van der Waals surface area contributed by atoms with Crippen LogP contribution in [-0.4, -0.2) is 31.4 Å². The fourth-order valence-corrected chi connectivity index (χ4v) is 4.16. The maximum Gasteiger partial charge on any atom is 0.234 e. The van der Waals surface area contributed by atoms with E-state index in [0.29, 0.717) is 15.7 Å². The van der Waals surface area contributed by atoms with Crippen LogP contribution in [-0.2, 0) is 10.2 Å². The Hall–Kier alpha value is -2.90. The Bertz CT molecular complexity index is 1230. The molecule has 6 nitrogen and oxygen atoms in total. The number of hydrogen-bond acceptors (Lipinski definition) is 5. The molecule has 0 radical (unpaired) electrons. The van der Waals surface area contributed by atoms with Crippen molar-refractivity contribution >= 4 is 46.0 Å². The number of anilines is 1. The zero-order valence-corrected chi connectivity index (χ0v) is 19.0. The fourth-order valence-electron chi connectivity index (χ4n) is 3.28. The summed E-state index contributed by atoms with van der Waals surface area (Å²) in [7, 11) is 0. The number of nitrogens with one attached hydrogen (secondary N) is 1. The van der Waals surface area contributed by atoms with Crippen LogP contribution in [0.2, 0.25) is 5.02 Å². The van der Waals surface area contributed by atoms with Crippen LogP contribution in [0, 0.1) is 0 Å². The third-order valence-electron chi connectivity index (χ3n) is 4.75. The topological polar surface area (TPSA) is 72.7 Å². The Morgan fingerprint density at radius 2 is 1.84 bits per heavy atom. The Morgan fingerprint density at radius 3 is 2.58 bits per heavy atom. The third kappa shape index (κ3) is 4.73. The van der Waals surface area contributed by atoms with Gasteiger partial charge in [-0.25, -0.2) is 14.6 Å². The highest BCUT2D eigenvalue weighted by Crippen LogP contribution is 2.30. The second kappa shape index (κ2) is 8.69. The van der Waals surface area contributed by atoms with Crippen LogP contribution in [0.1, 0.15) is 26.3 Å². The van der Waals surface area contributed by atoms with Gasteiger partial charge in [0.2, 0.25) is 5.91 Å². The number of benzene rings is 2. The van der Waals surface area contributed by atoms with Crippen LogP contribution in [0.4, 0.5) is 5.69 Å². The van der Waals surface area contributed by atoms with E-state index >= 15 is 0 Å². The van der Waals surface area contributed by atoms with Crippen molar-refractivity contribution in [1.29, 1.82) is 0 Å². The summed E-state index contributed by atoms with van der Waals surface area (Å²) in [4.78, 5) is 21.4. The Morgan fingerprint density at radius 1 is 1.10 bits per heavy atom. The Balaban J connectivity index is 1.51. The molecule has 1 N–H and O–H groups in total. The first-order chi connectivity index (χ1) is 14.8. The summed E-state index contributed by atoms with van der Waals surface area (Å²) in [5.74, 6) is 0.148. The third-order valence-corrected chi connectivity index (χ3v) is 6.01. The smallest absolute Gasteiger partial charge is 0.234 e. The molecule has 0 saturated carbocycles. The second-order valence-corrected chi connectivity index (χ2v) is 9.48. The van der Waals surface area contributed by atoms with Gasteiger partial charge in [-0.15, -0.1) is 0 Å². The lowest BCUT2D eigenvalue weighted by Gasteiger charge is -2.22. The van der Waals surface area contributed by atoms with Crippen LogP contribution in [0.3, 0.4) is 0 Å². The highest BCUT2D eigenvalue weighted by atomic mass is 35.5. The largest absolute Gasteiger partial charge is 0.325 e. The highest BCUT2D eigenvalue weighted by Gasteiger charge is 2.19. The number of carbonyl (C=O) groups is 1. The highest BCUT2D eigenvalue weighted by molar-refractivity contribution is 8.00. The summed E-state index contributed by atoms with van der Waals surface area (Å²) in [6.07, 6.45) is 3.21. The first-order valence-electron chi connectivity index (χ1n) is 9.80. The number of rotatable bonds is 5. The van der Waals surface area contributed by atoms with Crippen molar-refractivity contribution in [3.8, 4) is 5.69 Å². The van der Waals surface area contributed by atoms with E-state index in [0.717, 1.165) is 22.3 Å². The summed E-state index contributed by atoms with van der Waals surface area (Å²) >= 11 is 7.35. The normalized spacial score (nSPS) is 11.6. The zero-order valence-electron chi connectivity index (χ0n) is 17.5. The van der Waals surface area contributed by atoms with Crippen LogP contribution in [0.15, 0.2) is 66.1 Å². The molecule has 0 saturated heterocycles. The SMILES string of the molecule is CC(C)(C)c1ccccc1NC(=O)CSc1ncnc2c1cnn2-c1ccc(Cl)cc1. The van der Waals surface area contributed by atoms with Gasteiger partial charge < -0.3 is 5.32 Å². The molecule has 1 amide bonds. The number of halogens is 1. The molecular weight excluding hydrogens is 430 g/mol. The van der Waals surface area contributed by atoms with Gasteiger partial charge in [-0.05, 0) is 41.3 Å². The van der Waals surface area contributed by atoms with Crippen LogP contribution < -0.4 is 5.32 Å². The summed E-state index contributed by atoms with van der Waals surface area (Å²) in [6.45, 7) is 6.38. The predicted molar refractivity (Wildman–Crippen MR) is 126 cm³/mol. The van der Waals surface area contributed by atoms with Crippen molar-refractivity contribution < 1.29 is 4.79 Å². The maximum atomic E-state index is 12.7. The summed E-state index contributed by atoms with van der Waals surface area (Å²) in [5.41, 5.74) is 3.40. The summed E-state index contributed by atoms with van der Waals surface area (Å²) < 4.78 is 1.73. The van der Waals surface area contributed by atoms with E-state index in [1.807, 2.05) is 36.4 Å². The van der Waals surface area contributed by atoms with Crippen LogP contribution in [0.5, 0.6) is 0 Å². The number of aromatic nitrogens is 4. The lowest BCUT2D eigenvalue weighted by Crippen LogP contribution is -2.19. The zero-order chi connectivity index (χ0) is 22.0. The van der Waals surface area contributed by atoms with E-state index < -0.39 is 0 Å². The lowest BCUT2D eigenvalue weighted by atomic mass is 9.86. The summed E-state index contributed by atoms with van der Waals surface area (Å²) in [5, 5.41) is 9.65. The molecule has 0 aliphatic carbocycles.